The molecule has 0 aliphatic heterocycles. The number of rotatable bonds is 6. The normalized spacial score (nSPS) is 10.7. The van der Waals surface area contributed by atoms with Crippen LogP contribution < -0.4 is 20.8 Å². The lowest BCUT2D eigenvalue weighted by Crippen LogP contribution is -2.36. The summed E-state index contributed by atoms with van der Waals surface area (Å²) in [7, 11) is 0. The van der Waals surface area contributed by atoms with Gasteiger partial charge in [-0.1, -0.05) is 17.7 Å². The molecule has 36 heavy (non-hydrogen) atoms. The number of amides is 3. The fourth-order valence-electron chi connectivity index (χ4n) is 3.52. The number of nitrogens with zero attached hydrogens (tertiary/aromatic N) is 1. The zero-order chi connectivity index (χ0) is 25.8. The molecule has 0 unspecified atom stereocenters. The van der Waals surface area contributed by atoms with Gasteiger partial charge in [-0.2, -0.15) is 0 Å². The van der Waals surface area contributed by atoms with Crippen molar-refractivity contribution in [2.45, 2.75) is 13.8 Å². The van der Waals surface area contributed by atoms with Gasteiger partial charge in [0.25, 0.3) is 5.91 Å². The van der Waals surface area contributed by atoms with Crippen molar-refractivity contribution in [2.75, 3.05) is 22.7 Å². The van der Waals surface area contributed by atoms with Crippen LogP contribution >= 0.6 is 27.5 Å². The summed E-state index contributed by atoms with van der Waals surface area (Å²) in [6.45, 7) is 4.32. The summed E-state index contributed by atoms with van der Waals surface area (Å²) in [6.07, 6.45) is 0. The second-order valence-electron chi connectivity index (χ2n) is 7.86. The van der Waals surface area contributed by atoms with Gasteiger partial charge in [-0.25, -0.2) is 4.68 Å². The van der Waals surface area contributed by atoms with E-state index in [2.05, 4.69) is 32.0 Å². The molecule has 184 valence electrons. The number of benzene rings is 3. The van der Waals surface area contributed by atoms with Gasteiger partial charge in [-0.05, 0) is 96.0 Å². The lowest BCUT2D eigenvalue weighted by Gasteiger charge is -2.13. The van der Waals surface area contributed by atoms with E-state index in [1.807, 2.05) is 26.0 Å². The Morgan fingerprint density at radius 3 is 2.39 bits per heavy atom. The van der Waals surface area contributed by atoms with Crippen molar-refractivity contribution >= 4 is 67.5 Å². The van der Waals surface area contributed by atoms with Crippen LogP contribution in [-0.4, -0.2) is 29.0 Å². The Hall–Kier alpha value is -3.82. The number of ether oxygens (including phenoxy) is 1. The van der Waals surface area contributed by atoms with E-state index in [-0.39, 0.29) is 5.69 Å². The number of hydrogen-bond acceptors (Lipinski definition) is 4. The fraction of sp³-hybridized carbons (Fsp3) is 0.115. The van der Waals surface area contributed by atoms with Gasteiger partial charge in [0.05, 0.1) is 17.8 Å². The van der Waals surface area contributed by atoms with Crippen LogP contribution in [0.2, 0.25) is 5.02 Å². The first-order chi connectivity index (χ1) is 17.2. The van der Waals surface area contributed by atoms with Crippen LogP contribution in [0.15, 0.2) is 71.2 Å². The van der Waals surface area contributed by atoms with E-state index in [1.54, 1.807) is 54.6 Å². The Morgan fingerprint density at radius 2 is 1.69 bits per heavy atom. The molecule has 0 saturated heterocycles. The maximum Gasteiger partial charge on any atom is 0.328 e. The molecular weight excluding hydrogens is 548 g/mol. The number of anilines is 2. The summed E-state index contributed by atoms with van der Waals surface area (Å²) < 4.78 is 7.35. The fourth-order valence-corrected chi connectivity index (χ4v) is 4.30. The van der Waals surface area contributed by atoms with Gasteiger partial charge < -0.3 is 15.4 Å². The maximum absolute atomic E-state index is 13.2. The third-order valence-electron chi connectivity index (χ3n) is 5.21. The average molecular weight is 570 g/mol. The molecule has 3 amide bonds. The monoisotopic (exact) mass is 568 g/mol. The van der Waals surface area contributed by atoms with Crippen LogP contribution in [0.3, 0.4) is 0 Å². The van der Waals surface area contributed by atoms with E-state index in [4.69, 9.17) is 16.3 Å². The molecule has 1 heterocycles. The molecule has 4 aromatic rings. The van der Waals surface area contributed by atoms with Crippen LogP contribution in [0.4, 0.5) is 11.4 Å². The van der Waals surface area contributed by atoms with E-state index < -0.39 is 17.7 Å². The molecule has 0 aliphatic rings. The first kappa shape index (κ1) is 25.3. The molecule has 0 bridgehead atoms. The van der Waals surface area contributed by atoms with E-state index in [0.717, 1.165) is 5.56 Å². The number of carbonyl (C=O) groups is 3. The average Bonchev–Trinajstić information content (AvgIpc) is 3.19. The zero-order valence-electron chi connectivity index (χ0n) is 19.4. The molecule has 3 aromatic carbocycles. The summed E-state index contributed by atoms with van der Waals surface area (Å²) in [5.41, 5.74) is 5.13. The smallest absolute Gasteiger partial charge is 0.328 e. The molecule has 3 N–H and O–H groups in total. The van der Waals surface area contributed by atoms with Crippen LogP contribution in [0.1, 0.15) is 23.0 Å². The van der Waals surface area contributed by atoms with Gasteiger partial charge >= 0.3 is 11.8 Å². The van der Waals surface area contributed by atoms with Crippen molar-refractivity contribution in [3.63, 3.8) is 0 Å². The predicted molar refractivity (Wildman–Crippen MR) is 144 cm³/mol. The van der Waals surface area contributed by atoms with Crippen molar-refractivity contribution in [2.24, 2.45) is 0 Å². The Morgan fingerprint density at radius 1 is 0.944 bits per heavy atom. The minimum atomic E-state index is -0.957. The molecule has 8 nitrogen and oxygen atoms in total. The highest BCUT2D eigenvalue weighted by Crippen LogP contribution is 2.26. The molecule has 0 saturated carbocycles. The van der Waals surface area contributed by atoms with E-state index in [9.17, 15) is 14.4 Å². The van der Waals surface area contributed by atoms with Crippen molar-refractivity contribution in [3.05, 3.63) is 87.5 Å². The highest BCUT2D eigenvalue weighted by Gasteiger charge is 2.21. The van der Waals surface area contributed by atoms with Crippen molar-refractivity contribution in [1.29, 1.82) is 0 Å². The molecule has 0 radical (unpaired) electrons. The van der Waals surface area contributed by atoms with Gasteiger partial charge in [0, 0.05) is 20.6 Å². The van der Waals surface area contributed by atoms with Crippen molar-refractivity contribution in [1.82, 2.24) is 4.68 Å². The van der Waals surface area contributed by atoms with E-state index in [0.29, 0.717) is 44.1 Å². The summed E-state index contributed by atoms with van der Waals surface area (Å²) in [4.78, 5) is 38.6. The van der Waals surface area contributed by atoms with Gasteiger partial charge in [0.2, 0.25) is 0 Å². The summed E-state index contributed by atoms with van der Waals surface area (Å²) >= 11 is 9.57. The zero-order valence-corrected chi connectivity index (χ0v) is 21.7. The number of halogens is 2. The lowest BCUT2D eigenvalue weighted by atomic mass is 10.2. The Kier molecular flexibility index (Phi) is 7.61. The van der Waals surface area contributed by atoms with Crippen molar-refractivity contribution < 1.29 is 19.1 Å². The third-order valence-corrected chi connectivity index (χ3v) is 6.10. The number of carbonyl (C=O) groups excluding carboxylic acids is 3. The molecule has 0 spiro atoms. The van der Waals surface area contributed by atoms with E-state index in [1.165, 1.54) is 4.68 Å². The molecule has 0 aliphatic carbocycles. The first-order valence-corrected chi connectivity index (χ1v) is 12.2. The van der Waals surface area contributed by atoms with Crippen LogP contribution in [0.25, 0.3) is 10.9 Å². The van der Waals surface area contributed by atoms with Crippen LogP contribution in [0, 0.1) is 6.92 Å². The van der Waals surface area contributed by atoms with Crippen LogP contribution in [-0.2, 0) is 9.59 Å². The molecule has 0 atom stereocenters. The third kappa shape index (κ3) is 5.69. The Balaban J connectivity index is 1.58. The largest absolute Gasteiger partial charge is 0.494 e. The molecule has 0 fully saturated rings. The number of aromatic nitrogens is 1. The highest BCUT2D eigenvalue weighted by molar-refractivity contribution is 9.10. The maximum atomic E-state index is 13.2. The quantitative estimate of drug-likeness (QED) is 0.258. The predicted octanol–water partition coefficient (Wildman–Crippen LogP) is 5.73. The Bertz CT molecular complexity index is 1470. The first-order valence-electron chi connectivity index (χ1n) is 11.0. The van der Waals surface area contributed by atoms with Gasteiger partial charge in [-0.3, -0.25) is 19.8 Å². The van der Waals surface area contributed by atoms with Gasteiger partial charge in [0.15, 0.2) is 0 Å². The number of fused-ring (bicyclic) bond motifs is 1. The van der Waals surface area contributed by atoms with Gasteiger partial charge in [0.1, 0.15) is 11.4 Å². The number of aryl methyl sites for hydroxylation is 1. The second kappa shape index (κ2) is 10.8. The minimum absolute atomic E-state index is 0.113. The Labute approximate surface area is 220 Å². The topological polar surface area (TPSA) is 101 Å². The van der Waals surface area contributed by atoms with E-state index >= 15 is 0 Å². The molecule has 4 rings (SSSR count). The molecular formula is C26H22BrClN4O4. The summed E-state index contributed by atoms with van der Waals surface area (Å²) in [5, 5.41) is 6.44. The standard InChI is InChI=1S/C26H22BrClN4O4/c1-3-36-19-8-6-18(7-9-19)29-25(34)26(35)31-32-22-11-5-17(28)13-16(22)14-23(32)24(33)30-21-10-4-15(2)12-20(21)27/h4-14H,3H2,1-2H3,(H,29,34)(H,30,33)(H,31,35). The lowest BCUT2D eigenvalue weighted by molar-refractivity contribution is -0.133. The SMILES string of the molecule is CCOc1ccc(NC(=O)C(=O)Nn2c(C(=O)Nc3ccc(C)cc3Br)cc3cc(Cl)ccc32)cc1. The van der Waals surface area contributed by atoms with Gasteiger partial charge in [-0.15, -0.1) is 0 Å². The number of hydrogen-bond donors (Lipinski definition) is 3. The second-order valence-corrected chi connectivity index (χ2v) is 9.15. The molecule has 1 aromatic heterocycles. The highest BCUT2D eigenvalue weighted by atomic mass is 79.9. The minimum Gasteiger partial charge on any atom is -0.494 e. The molecule has 10 heteroatoms. The summed E-state index contributed by atoms with van der Waals surface area (Å²) in [6, 6.07) is 18.7. The summed E-state index contributed by atoms with van der Waals surface area (Å²) in [5.74, 6) is -1.70. The van der Waals surface area contributed by atoms with Crippen LogP contribution in [0.5, 0.6) is 5.75 Å². The van der Waals surface area contributed by atoms with Crippen molar-refractivity contribution in [3.8, 4) is 5.75 Å². The number of nitrogens with one attached hydrogen (secondary N) is 3.